The van der Waals surface area contributed by atoms with Crippen LogP contribution in [0.25, 0.3) is 22.8 Å². The Kier molecular flexibility index (Phi) is 5.31. The van der Waals surface area contributed by atoms with Crippen LogP contribution < -0.4 is 14.8 Å². The Morgan fingerprint density at radius 3 is 2.47 bits per heavy atom. The van der Waals surface area contributed by atoms with Gasteiger partial charge in [0.2, 0.25) is 0 Å². The zero-order valence-electron chi connectivity index (χ0n) is 17.2. The van der Waals surface area contributed by atoms with Gasteiger partial charge in [0, 0.05) is 0 Å². The summed E-state index contributed by atoms with van der Waals surface area (Å²) in [7, 11) is 0. The molecule has 2 N–H and O–H groups in total. The number of imidazole rings is 1. The lowest BCUT2D eigenvalue weighted by atomic mass is 10.2. The molecule has 0 aliphatic heterocycles. The molecule has 0 saturated heterocycles. The number of hydrogen-bond acceptors (Lipinski definition) is 5. The predicted molar refractivity (Wildman–Crippen MR) is 128 cm³/mol. The van der Waals surface area contributed by atoms with Crippen LogP contribution in [0.5, 0.6) is 0 Å². The molecule has 156 valence electrons. The molecule has 0 bridgehead atoms. The van der Waals surface area contributed by atoms with Gasteiger partial charge in [0.1, 0.15) is 4.66 Å². The highest BCUT2D eigenvalue weighted by atomic mass is 32.1. The smallest absolute Gasteiger partial charge is 0.266 e. The number of nitrogens with one attached hydrogen (secondary N) is 2. The van der Waals surface area contributed by atoms with Gasteiger partial charge in [-0.1, -0.05) is 60.2 Å². The number of H-pyrrole nitrogens is 2. The van der Waals surface area contributed by atoms with Crippen LogP contribution in [0.3, 0.4) is 0 Å². The summed E-state index contributed by atoms with van der Waals surface area (Å²) < 4.78 is 1.18. The van der Waals surface area contributed by atoms with Gasteiger partial charge in [-0.15, -0.1) is 16.5 Å². The maximum absolute atomic E-state index is 12.7. The number of benzene rings is 3. The van der Waals surface area contributed by atoms with Crippen LogP contribution in [-0.2, 0) is 0 Å². The van der Waals surface area contributed by atoms with Gasteiger partial charge >= 0.3 is 0 Å². The van der Waals surface area contributed by atoms with Crippen molar-refractivity contribution in [3.05, 3.63) is 115 Å². The van der Waals surface area contributed by atoms with Gasteiger partial charge < -0.3 is 9.97 Å². The van der Waals surface area contributed by atoms with E-state index in [0.717, 1.165) is 27.8 Å². The minimum atomic E-state index is -0.173. The van der Waals surface area contributed by atoms with Crippen LogP contribution in [0.2, 0.25) is 0 Å². The van der Waals surface area contributed by atoms with Crippen LogP contribution in [-0.4, -0.2) is 15.0 Å². The molecule has 0 atom stereocenters. The van der Waals surface area contributed by atoms with Crippen molar-refractivity contribution in [1.82, 2.24) is 15.0 Å². The van der Waals surface area contributed by atoms with Crippen LogP contribution in [0.1, 0.15) is 17.0 Å². The third kappa shape index (κ3) is 4.19. The van der Waals surface area contributed by atoms with Crippen LogP contribution in [0, 0.1) is 6.92 Å². The van der Waals surface area contributed by atoms with E-state index in [9.17, 15) is 4.79 Å². The average Bonchev–Trinajstić information content (AvgIpc) is 3.39. The van der Waals surface area contributed by atoms with Gasteiger partial charge in [0.05, 0.1) is 21.3 Å². The minimum Gasteiger partial charge on any atom is -0.336 e. The quantitative estimate of drug-likeness (QED) is 0.409. The molecule has 0 fully saturated rings. The predicted octanol–water partition coefficient (Wildman–Crippen LogP) is 4.39. The molecule has 6 nitrogen and oxygen atoms in total. The van der Waals surface area contributed by atoms with Crippen molar-refractivity contribution >= 4 is 39.8 Å². The Morgan fingerprint density at radius 1 is 0.938 bits per heavy atom. The van der Waals surface area contributed by atoms with Gasteiger partial charge in [-0.25, -0.2) is 4.98 Å². The largest absolute Gasteiger partial charge is 0.336 e. The van der Waals surface area contributed by atoms with Crippen molar-refractivity contribution in [3.8, 4) is 0 Å². The Bertz CT molecular complexity index is 1560. The van der Waals surface area contributed by atoms with E-state index in [1.165, 1.54) is 11.3 Å². The second kappa shape index (κ2) is 8.56. The van der Waals surface area contributed by atoms with Crippen molar-refractivity contribution in [3.63, 3.8) is 0 Å². The van der Waals surface area contributed by atoms with Crippen molar-refractivity contribution < 1.29 is 0 Å². The summed E-state index contributed by atoms with van der Waals surface area (Å²) in [6, 6.07) is 25.3. The van der Waals surface area contributed by atoms with Gasteiger partial charge in [-0.2, -0.15) is 5.11 Å². The third-order valence-electron chi connectivity index (χ3n) is 4.89. The van der Waals surface area contributed by atoms with Crippen molar-refractivity contribution in [2.45, 2.75) is 6.92 Å². The highest BCUT2D eigenvalue weighted by molar-refractivity contribution is 7.07. The summed E-state index contributed by atoms with van der Waals surface area (Å²) in [6.07, 6.45) is 1.86. The van der Waals surface area contributed by atoms with Crippen LogP contribution in [0.15, 0.2) is 93.9 Å². The molecule has 3 aromatic carbocycles. The van der Waals surface area contributed by atoms with Gasteiger partial charge in [-0.3, -0.25) is 4.79 Å². The van der Waals surface area contributed by atoms with E-state index in [4.69, 9.17) is 0 Å². The van der Waals surface area contributed by atoms with E-state index in [1.54, 1.807) is 0 Å². The summed E-state index contributed by atoms with van der Waals surface area (Å²) in [5.41, 5.74) is 4.84. The van der Waals surface area contributed by atoms with E-state index in [1.807, 2.05) is 91.9 Å². The van der Waals surface area contributed by atoms with Gasteiger partial charge in [-0.05, 0) is 42.8 Å². The van der Waals surface area contributed by atoms with E-state index in [0.29, 0.717) is 20.7 Å². The first-order valence-corrected chi connectivity index (χ1v) is 10.9. The molecule has 5 aromatic rings. The van der Waals surface area contributed by atoms with E-state index in [-0.39, 0.29) is 5.56 Å². The first-order valence-electron chi connectivity index (χ1n) is 10.1. The molecule has 0 unspecified atom stereocenters. The summed E-state index contributed by atoms with van der Waals surface area (Å²) in [5.74, 6) is 0.547. The first kappa shape index (κ1) is 19.8. The molecule has 0 aliphatic carbocycles. The third-order valence-corrected chi connectivity index (χ3v) is 5.91. The average molecular weight is 438 g/mol. The zero-order valence-corrected chi connectivity index (χ0v) is 18.1. The fraction of sp³-hybridized carbons (Fsp3) is 0.0400. The van der Waals surface area contributed by atoms with Crippen LogP contribution >= 0.6 is 11.3 Å². The second-order valence-corrected chi connectivity index (χ2v) is 8.34. The number of aromatic amines is 2. The van der Waals surface area contributed by atoms with Crippen molar-refractivity contribution in [2.24, 2.45) is 10.2 Å². The Balaban J connectivity index is 1.70. The monoisotopic (exact) mass is 437 g/mol. The zero-order chi connectivity index (χ0) is 21.9. The number of aromatic nitrogens is 3. The fourth-order valence-corrected chi connectivity index (χ4v) is 4.17. The van der Waals surface area contributed by atoms with Crippen LogP contribution in [0.4, 0.5) is 5.69 Å². The maximum Gasteiger partial charge on any atom is 0.266 e. The Morgan fingerprint density at radius 2 is 1.69 bits per heavy atom. The maximum atomic E-state index is 12.7. The first-order chi connectivity index (χ1) is 15.7. The normalized spacial score (nSPS) is 13.2. The molecular formula is C25H19N5OS. The molecule has 32 heavy (non-hydrogen) atoms. The molecule has 2 aromatic heterocycles. The number of aryl methyl sites for hydroxylation is 1. The molecule has 0 amide bonds. The minimum absolute atomic E-state index is 0.173. The summed E-state index contributed by atoms with van der Waals surface area (Å²) >= 11 is 1.33. The molecule has 2 heterocycles. The summed E-state index contributed by atoms with van der Waals surface area (Å²) in [4.78, 5) is 23.6. The van der Waals surface area contributed by atoms with Gasteiger partial charge in [0.25, 0.3) is 5.56 Å². The van der Waals surface area contributed by atoms with Crippen molar-refractivity contribution in [2.75, 3.05) is 0 Å². The van der Waals surface area contributed by atoms with E-state index >= 15 is 0 Å². The number of fused-ring (bicyclic) bond motifs is 1. The number of hydrogen-bond donors (Lipinski definition) is 2. The number of azo groups is 1. The highest BCUT2D eigenvalue weighted by Gasteiger charge is 2.11. The summed E-state index contributed by atoms with van der Waals surface area (Å²) in [5, 5.41) is 8.89. The molecular weight excluding hydrogens is 418 g/mol. The highest BCUT2D eigenvalue weighted by Crippen LogP contribution is 2.19. The molecule has 0 radical (unpaired) electrons. The SMILES string of the molecule is Cc1ccc(N=N/C(c2nc3ccccc3[nH]2)=c2/[nH]c(=O)/c(=C\c3ccccc3)s2)cc1. The number of rotatable bonds is 4. The fourth-order valence-electron chi connectivity index (χ4n) is 3.23. The lowest BCUT2D eigenvalue weighted by Crippen LogP contribution is -2.20. The van der Waals surface area contributed by atoms with E-state index in [2.05, 4.69) is 25.2 Å². The second-order valence-electron chi connectivity index (χ2n) is 7.29. The molecule has 5 rings (SSSR count). The number of para-hydroxylation sites is 2. The number of nitrogens with zero attached hydrogens (tertiary/aromatic N) is 3. The molecule has 0 saturated carbocycles. The standard InChI is InChI=1S/C25H19N5OS/c1-16-11-13-18(14-12-16)29-30-22(23-26-19-9-5-6-10-20(19)27-23)25-28-24(31)21(32-25)15-17-7-3-2-4-8-17/h2-15H,1H3,(H,26,27)(H,28,31)/b21-15+,25-22-,30-29?. The molecule has 7 heteroatoms. The topological polar surface area (TPSA) is 86.3 Å². The van der Waals surface area contributed by atoms with Crippen molar-refractivity contribution in [1.29, 1.82) is 0 Å². The Labute approximate surface area is 187 Å². The lowest BCUT2D eigenvalue weighted by Gasteiger charge is -1.96. The summed E-state index contributed by atoms with van der Waals surface area (Å²) in [6.45, 7) is 2.02. The lowest BCUT2D eigenvalue weighted by molar-refractivity contribution is 1.13. The molecule has 0 aliphatic rings. The van der Waals surface area contributed by atoms with E-state index < -0.39 is 0 Å². The van der Waals surface area contributed by atoms with Gasteiger partial charge in [0.15, 0.2) is 11.5 Å². The Hall–Kier alpha value is -4.10. The molecule has 0 spiro atoms. The number of thiazole rings is 1.